The zero-order valence-electron chi connectivity index (χ0n) is 25.3. The summed E-state index contributed by atoms with van der Waals surface area (Å²) in [5, 5.41) is 10.3. The number of hydrogen-bond donors (Lipinski definition) is 0. The summed E-state index contributed by atoms with van der Waals surface area (Å²) >= 11 is 0. The third kappa shape index (κ3) is 4.00. The van der Waals surface area contributed by atoms with Gasteiger partial charge in [0.25, 0.3) is 0 Å². The Morgan fingerprint density at radius 1 is 0.362 bits per heavy atom. The molecule has 3 heteroatoms. The molecule has 0 bridgehead atoms. The molecule has 8 aromatic carbocycles. The molecule has 0 spiro atoms. The summed E-state index contributed by atoms with van der Waals surface area (Å²) in [4.78, 5) is 10.3. The van der Waals surface area contributed by atoms with E-state index in [4.69, 9.17) is 14.4 Å². The average molecular weight is 599 g/mol. The number of benzene rings is 8. The van der Waals surface area contributed by atoms with Gasteiger partial charge in [0.15, 0.2) is 5.82 Å². The molecule has 218 valence electrons. The lowest BCUT2D eigenvalue weighted by molar-refractivity contribution is 0.673. The number of rotatable bonds is 3. The highest BCUT2D eigenvalue weighted by Crippen LogP contribution is 2.43. The Kier molecular flexibility index (Phi) is 5.57. The van der Waals surface area contributed by atoms with Crippen LogP contribution < -0.4 is 0 Å². The Labute approximate surface area is 270 Å². The zero-order valence-corrected chi connectivity index (χ0v) is 25.3. The fourth-order valence-corrected chi connectivity index (χ4v) is 7.23. The van der Waals surface area contributed by atoms with Crippen LogP contribution in [0.15, 0.2) is 162 Å². The Balaban J connectivity index is 1.21. The van der Waals surface area contributed by atoms with E-state index in [-0.39, 0.29) is 0 Å². The predicted molar refractivity (Wildman–Crippen MR) is 196 cm³/mol. The van der Waals surface area contributed by atoms with Crippen molar-refractivity contribution in [3.05, 3.63) is 158 Å². The molecule has 2 heterocycles. The van der Waals surface area contributed by atoms with Gasteiger partial charge >= 0.3 is 0 Å². The van der Waals surface area contributed by atoms with Crippen LogP contribution in [0, 0.1) is 0 Å². The maximum atomic E-state index is 6.56. The number of furan rings is 1. The maximum Gasteiger partial charge on any atom is 0.160 e. The van der Waals surface area contributed by atoms with Gasteiger partial charge in [-0.1, -0.05) is 133 Å². The molecule has 3 nitrogen and oxygen atoms in total. The lowest BCUT2D eigenvalue weighted by Crippen LogP contribution is -1.95. The number of nitrogens with zero attached hydrogens (tertiary/aromatic N) is 2. The SMILES string of the molecule is c1ccc(-c2ccc(-c3nc(-c4ccc5c(c4)c4ccccc4c4ccc6c7ccccc7oc6c45)nc4ccccc34)cc2)cc1. The highest BCUT2D eigenvalue weighted by atomic mass is 16.3. The molecular formula is C44H26N2O. The Hall–Kier alpha value is -6.32. The Morgan fingerprint density at radius 2 is 0.936 bits per heavy atom. The minimum atomic E-state index is 0.707. The summed E-state index contributed by atoms with van der Waals surface area (Å²) in [6, 6.07) is 55.4. The van der Waals surface area contributed by atoms with Crippen LogP contribution in [-0.4, -0.2) is 9.97 Å². The summed E-state index contributed by atoms with van der Waals surface area (Å²) < 4.78 is 6.56. The van der Waals surface area contributed by atoms with Crippen LogP contribution in [-0.2, 0) is 0 Å². The van der Waals surface area contributed by atoms with Crippen LogP contribution in [0.5, 0.6) is 0 Å². The van der Waals surface area contributed by atoms with Crippen LogP contribution in [0.2, 0.25) is 0 Å². The number of hydrogen-bond acceptors (Lipinski definition) is 3. The molecule has 0 atom stereocenters. The Morgan fingerprint density at radius 3 is 1.77 bits per heavy atom. The van der Waals surface area contributed by atoms with Crippen LogP contribution in [0.25, 0.3) is 98.9 Å². The van der Waals surface area contributed by atoms with Gasteiger partial charge in [0.05, 0.1) is 11.2 Å². The zero-order chi connectivity index (χ0) is 30.9. The lowest BCUT2D eigenvalue weighted by Gasteiger charge is -2.13. The first-order valence-electron chi connectivity index (χ1n) is 15.9. The second kappa shape index (κ2) is 10.1. The van der Waals surface area contributed by atoms with E-state index in [0.717, 1.165) is 65.8 Å². The quantitative estimate of drug-likeness (QED) is 0.190. The largest absolute Gasteiger partial charge is 0.455 e. The molecule has 47 heavy (non-hydrogen) atoms. The van der Waals surface area contributed by atoms with Crippen molar-refractivity contribution in [1.29, 1.82) is 0 Å². The van der Waals surface area contributed by atoms with Gasteiger partial charge in [-0.15, -0.1) is 0 Å². The smallest absolute Gasteiger partial charge is 0.160 e. The molecule has 0 saturated carbocycles. The average Bonchev–Trinajstić information content (AvgIpc) is 3.53. The number of aromatic nitrogens is 2. The van der Waals surface area contributed by atoms with E-state index in [1.54, 1.807) is 0 Å². The van der Waals surface area contributed by atoms with Crippen molar-refractivity contribution in [2.75, 3.05) is 0 Å². The summed E-state index contributed by atoms with van der Waals surface area (Å²) in [5.74, 6) is 0.707. The first kappa shape index (κ1) is 26.0. The van der Waals surface area contributed by atoms with Gasteiger partial charge in [0.2, 0.25) is 0 Å². The van der Waals surface area contributed by atoms with E-state index in [1.807, 2.05) is 24.3 Å². The predicted octanol–water partition coefficient (Wildman–Crippen LogP) is 12.0. The van der Waals surface area contributed by atoms with Gasteiger partial charge in [-0.05, 0) is 62.3 Å². The number of para-hydroxylation sites is 2. The van der Waals surface area contributed by atoms with Gasteiger partial charge < -0.3 is 4.42 Å². The highest BCUT2D eigenvalue weighted by Gasteiger charge is 2.18. The van der Waals surface area contributed by atoms with Gasteiger partial charge in [0, 0.05) is 32.7 Å². The minimum absolute atomic E-state index is 0.707. The fraction of sp³-hybridized carbons (Fsp3) is 0. The maximum absolute atomic E-state index is 6.56. The molecule has 10 aromatic rings. The van der Waals surface area contributed by atoms with Crippen LogP contribution in [0.3, 0.4) is 0 Å². The molecule has 0 aliphatic rings. The molecule has 0 aliphatic carbocycles. The van der Waals surface area contributed by atoms with Crippen LogP contribution in [0.1, 0.15) is 0 Å². The standard InChI is InChI=1S/C44H26N2O/c1-2-10-27(11-3-1)28-18-20-29(21-19-28)42-37-15-6-8-16-39(37)45-44(46-42)30-22-23-35-38(26-30)32-13-5-4-12-31(32)34-24-25-36-33-14-7-9-17-40(33)47-43(36)41(34)35/h1-26H. The molecule has 0 unspecified atom stereocenters. The first-order chi connectivity index (χ1) is 23.3. The summed E-state index contributed by atoms with van der Waals surface area (Å²) in [6.45, 7) is 0. The molecule has 0 amide bonds. The molecule has 2 aromatic heterocycles. The Bertz CT molecular complexity index is 2830. The third-order valence-corrected chi connectivity index (χ3v) is 9.47. The topological polar surface area (TPSA) is 38.9 Å². The van der Waals surface area contributed by atoms with Crippen molar-refractivity contribution in [2.45, 2.75) is 0 Å². The fourth-order valence-electron chi connectivity index (χ4n) is 7.23. The van der Waals surface area contributed by atoms with Crippen molar-refractivity contribution in [3.63, 3.8) is 0 Å². The second-order valence-electron chi connectivity index (χ2n) is 12.1. The minimum Gasteiger partial charge on any atom is -0.455 e. The summed E-state index contributed by atoms with van der Waals surface area (Å²) in [6.07, 6.45) is 0. The molecular weight excluding hydrogens is 572 g/mol. The molecule has 0 radical (unpaired) electrons. The van der Waals surface area contributed by atoms with Crippen molar-refractivity contribution in [1.82, 2.24) is 9.97 Å². The molecule has 0 fully saturated rings. The normalized spacial score (nSPS) is 11.8. The first-order valence-corrected chi connectivity index (χ1v) is 15.9. The highest BCUT2D eigenvalue weighted by molar-refractivity contribution is 6.32. The van der Waals surface area contributed by atoms with Gasteiger partial charge in [-0.3, -0.25) is 0 Å². The van der Waals surface area contributed by atoms with Crippen molar-refractivity contribution in [2.24, 2.45) is 0 Å². The van der Waals surface area contributed by atoms with Crippen molar-refractivity contribution in [3.8, 4) is 33.8 Å². The lowest BCUT2D eigenvalue weighted by atomic mass is 9.92. The monoisotopic (exact) mass is 598 g/mol. The van der Waals surface area contributed by atoms with E-state index in [1.165, 1.54) is 27.3 Å². The van der Waals surface area contributed by atoms with E-state index in [2.05, 4.69) is 133 Å². The molecule has 0 saturated heterocycles. The van der Waals surface area contributed by atoms with E-state index in [9.17, 15) is 0 Å². The van der Waals surface area contributed by atoms with Gasteiger partial charge in [-0.25, -0.2) is 9.97 Å². The molecule has 10 rings (SSSR count). The molecule has 0 aliphatic heterocycles. The summed E-state index contributed by atoms with van der Waals surface area (Å²) in [7, 11) is 0. The van der Waals surface area contributed by atoms with Crippen LogP contribution >= 0.6 is 0 Å². The third-order valence-electron chi connectivity index (χ3n) is 9.47. The second-order valence-corrected chi connectivity index (χ2v) is 12.1. The van der Waals surface area contributed by atoms with Crippen molar-refractivity contribution >= 4 is 65.2 Å². The van der Waals surface area contributed by atoms with Gasteiger partial charge in [0.1, 0.15) is 11.2 Å². The number of fused-ring (bicyclic) bond motifs is 11. The summed E-state index contributed by atoms with van der Waals surface area (Å²) in [5.41, 5.74) is 8.10. The van der Waals surface area contributed by atoms with E-state index < -0.39 is 0 Å². The van der Waals surface area contributed by atoms with E-state index >= 15 is 0 Å². The molecule has 0 N–H and O–H groups in total. The van der Waals surface area contributed by atoms with Crippen LogP contribution in [0.4, 0.5) is 0 Å². The van der Waals surface area contributed by atoms with Crippen molar-refractivity contribution < 1.29 is 4.42 Å². The van der Waals surface area contributed by atoms with Gasteiger partial charge in [-0.2, -0.15) is 0 Å². The van der Waals surface area contributed by atoms with E-state index in [0.29, 0.717) is 5.82 Å².